The number of rotatable bonds is 6. The van der Waals surface area contributed by atoms with Crippen LogP contribution in [0.15, 0.2) is 41.1 Å². The molecule has 0 saturated carbocycles. The third-order valence-corrected chi connectivity index (χ3v) is 4.06. The number of nitrogens with zero attached hydrogens (tertiary/aromatic N) is 1. The van der Waals surface area contributed by atoms with E-state index in [2.05, 4.69) is 0 Å². The summed E-state index contributed by atoms with van der Waals surface area (Å²) >= 11 is 1.57. The summed E-state index contributed by atoms with van der Waals surface area (Å²) in [6.45, 7) is 0.507. The van der Waals surface area contributed by atoms with Gasteiger partial charge in [0.1, 0.15) is 0 Å². The zero-order valence-corrected chi connectivity index (χ0v) is 12.6. The second-order valence-electron chi connectivity index (χ2n) is 4.84. The van der Waals surface area contributed by atoms with Crippen LogP contribution in [0.4, 0.5) is 0 Å². The molecule has 2 aromatic rings. The molecule has 0 saturated heterocycles. The van der Waals surface area contributed by atoms with Crippen molar-refractivity contribution in [2.45, 2.75) is 12.8 Å². The van der Waals surface area contributed by atoms with Gasteiger partial charge in [0.2, 0.25) is 5.91 Å². The Morgan fingerprint density at radius 2 is 2.00 bits per heavy atom. The van der Waals surface area contributed by atoms with E-state index in [1.54, 1.807) is 41.5 Å². The third kappa shape index (κ3) is 4.16. The fourth-order valence-electron chi connectivity index (χ4n) is 2.06. The van der Waals surface area contributed by atoms with Gasteiger partial charge in [-0.15, -0.1) is 0 Å². The molecule has 1 N–H and O–H groups in total. The van der Waals surface area contributed by atoms with Gasteiger partial charge in [-0.3, -0.25) is 4.79 Å². The Hall–Kier alpha value is -2.14. The van der Waals surface area contributed by atoms with Crippen LogP contribution in [-0.2, 0) is 17.6 Å². The molecule has 0 fully saturated rings. The number of carboxylic acid groups (broad SMARTS) is 1. The molecule has 0 bridgehead atoms. The van der Waals surface area contributed by atoms with Crippen LogP contribution in [0.5, 0.6) is 0 Å². The zero-order valence-electron chi connectivity index (χ0n) is 11.8. The first-order valence-corrected chi connectivity index (χ1v) is 7.58. The van der Waals surface area contributed by atoms with Crippen LogP contribution in [0.1, 0.15) is 21.5 Å². The van der Waals surface area contributed by atoms with Gasteiger partial charge >= 0.3 is 5.97 Å². The van der Waals surface area contributed by atoms with Crippen LogP contribution >= 0.6 is 11.3 Å². The van der Waals surface area contributed by atoms with Crippen molar-refractivity contribution in [3.63, 3.8) is 0 Å². The Kier molecular flexibility index (Phi) is 5.11. The molecule has 1 amide bonds. The highest BCUT2D eigenvalue weighted by atomic mass is 32.1. The van der Waals surface area contributed by atoms with Gasteiger partial charge in [-0.05, 0) is 40.4 Å². The number of thiophene rings is 1. The van der Waals surface area contributed by atoms with Crippen LogP contribution in [-0.4, -0.2) is 35.5 Å². The first-order valence-electron chi connectivity index (χ1n) is 6.64. The normalized spacial score (nSPS) is 10.3. The van der Waals surface area contributed by atoms with E-state index in [1.165, 1.54) is 0 Å². The Morgan fingerprint density at radius 3 is 2.67 bits per heavy atom. The molecule has 5 heteroatoms. The van der Waals surface area contributed by atoms with E-state index < -0.39 is 5.97 Å². The molecule has 2 rings (SSSR count). The number of carbonyl (C=O) groups excluding carboxylic acids is 1. The van der Waals surface area contributed by atoms with Crippen LogP contribution in [0.2, 0.25) is 0 Å². The number of aromatic carboxylic acids is 1. The van der Waals surface area contributed by atoms with Gasteiger partial charge in [0.15, 0.2) is 0 Å². The average molecular weight is 303 g/mol. The standard InChI is InChI=1S/C16H17NO3S/c1-17(15(18)10-12-7-9-21-11-12)8-6-13-4-2-3-5-14(13)16(19)20/h2-5,7,9,11H,6,8,10H2,1H3,(H,19,20). The molecule has 1 aromatic heterocycles. The van der Waals surface area contributed by atoms with E-state index >= 15 is 0 Å². The molecular formula is C16H17NO3S. The minimum Gasteiger partial charge on any atom is -0.478 e. The number of amides is 1. The molecule has 4 nitrogen and oxygen atoms in total. The van der Waals surface area contributed by atoms with Gasteiger partial charge < -0.3 is 10.0 Å². The van der Waals surface area contributed by atoms with Crippen LogP contribution < -0.4 is 0 Å². The smallest absolute Gasteiger partial charge is 0.335 e. The second-order valence-corrected chi connectivity index (χ2v) is 5.62. The van der Waals surface area contributed by atoms with Crippen molar-refractivity contribution < 1.29 is 14.7 Å². The number of carbonyl (C=O) groups is 2. The maximum atomic E-state index is 12.1. The monoisotopic (exact) mass is 303 g/mol. The SMILES string of the molecule is CN(CCc1ccccc1C(=O)O)C(=O)Cc1ccsc1. The van der Waals surface area contributed by atoms with Crippen molar-refractivity contribution >= 4 is 23.2 Å². The van der Waals surface area contributed by atoms with E-state index in [1.807, 2.05) is 22.9 Å². The highest BCUT2D eigenvalue weighted by molar-refractivity contribution is 7.07. The van der Waals surface area contributed by atoms with Crippen LogP contribution in [0, 0.1) is 0 Å². The molecule has 0 aliphatic heterocycles. The summed E-state index contributed by atoms with van der Waals surface area (Å²) in [4.78, 5) is 24.8. The first-order chi connectivity index (χ1) is 10.1. The number of hydrogen-bond acceptors (Lipinski definition) is 3. The van der Waals surface area contributed by atoms with Gasteiger partial charge in [-0.1, -0.05) is 18.2 Å². The summed E-state index contributed by atoms with van der Waals surface area (Å²) in [5, 5.41) is 13.0. The molecular weight excluding hydrogens is 286 g/mol. The molecule has 110 valence electrons. The summed E-state index contributed by atoms with van der Waals surface area (Å²) in [5.41, 5.74) is 2.07. The minimum atomic E-state index is -0.933. The van der Waals surface area contributed by atoms with Gasteiger partial charge in [0, 0.05) is 13.6 Å². The Labute approximate surface area is 127 Å². The quantitative estimate of drug-likeness (QED) is 0.892. The average Bonchev–Trinajstić information content (AvgIpc) is 2.97. The molecule has 0 aliphatic carbocycles. The summed E-state index contributed by atoms with van der Waals surface area (Å²) in [7, 11) is 1.75. The molecule has 1 aromatic carbocycles. The summed E-state index contributed by atoms with van der Waals surface area (Å²) in [5.74, 6) is -0.890. The van der Waals surface area contributed by atoms with Crippen molar-refractivity contribution in [2.75, 3.05) is 13.6 Å². The van der Waals surface area contributed by atoms with Crippen LogP contribution in [0.25, 0.3) is 0 Å². The maximum absolute atomic E-state index is 12.1. The fraction of sp³-hybridized carbons (Fsp3) is 0.250. The minimum absolute atomic E-state index is 0.0428. The highest BCUT2D eigenvalue weighted by Gasteiger charge is 2.13. The van der Waals surface area contributed by atoms with Crippen molar-refractivity contribution in [3.05, 3.63) is 57.8 Å². The van der Waals surface area contributed by atoms with E-state index in [0.717, 1.165) is 11.1 Å². The topological polar surface area (TPSA) is 57.6 Å². The van der Waals surface area contributed by atoms with Gasteiger partial charge in [-0.2, -0.15) is 11.3 Å². The van der Waals surface area contributed by atoms with Gasteiger partial charge in [0.25, 0.3) is 0 Å². The predicted molar refractivity (Wildman–Crippen MR) is 82.8 cm³/mol. The zero-order chi connectivity index (χ0) is 15.2. The molecule has 0 atom stereocenters. The first kappa shape index (κ1) is 15.3. The second kappa shape index (κ2) is 7.04. The van der Waals surface area contributed by atoms with E-state index in [4.69, 9.17) is 5.11 Å². The molecule has 0 aliphatic rings. The maximum Gasteiger partial charge on any atom is 0.335 e. The van der Waals surface area contributed by atoms with E-state index in [-0.39, 0.29) is 5.91 Å². The highest BCUT2D eigenvalue weighted by Crippen LogP contribution is 2.11. The summed E-state index contributed by atoms with van der Waals surface area (Å²) < 4.78 is 0. The van der Waals surface area contributed by atoms with Crippen LogP contribution in [0.3, 0.4) is 0 Å². The van der Waals surface area contributed by atoms with E-state index in [9.17, 15) is 9.59 Å². The molecule has 21 heavy (non-hydrogen) atoms. The fourth-order valence-corrected chi connectivity index (χ4v) is 2.73. The lowest BCUT2D eigenvalue weighted by atomic mass is 10.0. The van der Waals surface area contributed by atoms with Crippen molar-refractivity contribution in [2.24, 2.45) is 0 Å². The van der Waals surface area contributed by atoms with Crippen molar-refractivity contribution in [3.8, 4) is 0 Å². The summed E-state index contributed by atoms with van der Waals surface area (Å²) in [6.07, 6.45) is 0.926. The van der Waals surface area contributed by atoms with E-state index in [0.29, 0.717) is 24.9 Å². The number of benzene rings is 1. The van der Waals surface area contributed by atoms with Gasteiger partial charge in [-0.25, -0.2) is 4.79 Å². The lowest BCUT2D eigenvalue weighted by molar-refractivity contribution is -0.129. The predicted octanol–water partition coefficient (Wildman–Crippen LogP) is 2.69. The van der Waals surface area contributed by atoms with Gasteiger partial charge in [0.05, 0.1) is 12.0 Å². The Morgan fingerprint density at radius 1 is 1.24 bits per heavy atom. The lowest BCUT2D eigenvalue weighted by Crippen LogP contribution is -2.30. The molecule has 1 heterocycles. The molecule has 0 unspecified atom stereocenters. The van der Waals surface area contributed by atoms with Crippen molar-refractivity contribution in [1.82, 2.24) is 4.90 Å². The van der Waals surface area contributed by atoms with Crippen molar-refractivity contribution in [1.29, 1.82) is 0 Å². The third-order valence-electron chi connectivity index (χ3n) is 3.33. The number of hydrogen-bond donors (Lipinski definition) is 1. The number of carboxylic acids is 1. The molecule has 0 radical (unpaired) electrons. The largest absolute Gasteiger partial charge is 0.478 e. The Balaban J connectivity index is 1.93. The Bertz CT molecular complexity index is 622. The summed E-state index contributed by atoms with van der Waals surface area (Å²) in [6, 6.07) is 8.84. The number of likely N-dealkylation sites (N-methyl/N-ethyl adjacent to an activating group) is 1. The molecule has 0 spiro atoms. The lowest BCUT2D eigenvalue weighted by Gasteiger charge is -2.17.